The first-order valence-electron chi connectivity index (χ1n) is 14.8. The third kappa shape index (κ3) is 7.69. The van der Waals surface area contributed by atoms with Crippen LogP contribution < -0.4 is 30.0 Å². The summed E-state index contributed by atoms with van der Waals surface area (Å²) in [6.07, 6.45) is 0.404. The van der Waals surface area contributed by atoms with Crippen LogP contribution in [0.15, 0.2) is 145 Å². The number of pyridine rings is 2. The Morgan fingerprint density at radius 1 is 0.700 bits per heavy atom. The Balaban J connectivity index is 1.20. The maximum absolute atomic E-state index is 15.2. The van der Waals surface area contributed by atoms with Crippen LogP contribution in [0.25, 0.3) is 5.69 Å². The second-order valence-corrected chi connectivity index (χ2v) is 10.3. The zero-order chi connectivity index (χ0) is 35.0. The van der Waals surface area contributed by atoms with Crippen molar-refractivity contribution in [3.63, 3.8) is 0 Å². The van der Waals surface area contributed by atoms with E-state index < -0.39 is 35.3 Å². The van der Waals surface area contributed by atoms with E-state index in [0.717, 1.165) is 6.07 Å². The maximum atomic E-state index is 15.2. The highest BCUT2D eigenvalue weighted by atomic mass is 19.1. The van der Waals surface area contributed by atoms with Gasteiger partial charge in [-0.2, -0.15) is 4.90 Å². The second-order valence-electron chi connectivity index (χ2n) is 10.3. The Morgan fingerprint density at radius 3 is 1.96 bits per heavy atom. The van der Waals surface area contributed by atoms with E-state index in [1.165, 1.54) is 102 Å². The quantitative estimate of drug-likeness (QED) is 0.174. The molecule has 11 nitrogen and oxygen atoms in total. The Kier molecular flexibility index (Phi) is 9.66. The van der Waals surface area contributed by atoms with Gasteiger partial charge in [0.25, 0.3) is 11.5 Å². The Hall–Kier alpha value is -7.15. The molecule has 3 amide bonds. The zero-order valence-electron chi connectivity index (χ0n) is 25.7. The van der Waals surface area contributed by atoms with Crippen LogP contribution >= 0.6 is 0 Å². The SMILES string of the molecule is O=C(Nc1ccc(Oc2ccnc(N(C(=O)Oc3ccccc3)C(=O)Oc3ccccc3)c2)c(F)c1)c1cccn(-c2ccc(F)cc2)c1=O. The van der Waals surface area contributed by atoms with Gasteiger partial charge in [0.15, 0.2) is 17.4 Å². The largest absolute Gasteiger partial charge is 0.454 e. The number of aromatic nitrogens is 2. The van der Waals surface area contributed by atoms with Gasteiger partial charge >= 0.3 is 12.2 Å². The van der Waals surface area contributed by atoms with E-state index in [1.807, 2.05) is 0 Å². The van der Waals surface area contributed by atoms with Crippen LogP contribution in [0.2, 0.25) is 0 Å². The number of amides is 3. The van der Waals surface area contributed by atoms with Crippen LogP contribution in [-0.2, 0) is 0 Å². The number of nitrogens with zero attached hydrogens (tertiary/aromatic N) is 3. The molecule has 50 heavy (non-hydrogen) atoms. The molecule has 1 N–H and O–H groups in total. The molecule has 0 radical (unpaired) electrons. The molecule has 0 aliphatic rings. The molecule has 6 rings (SSSR count). The second kappa shape index (κ2) is 14.7. The van der Waals surface area contributed by atoms with Gasteiger partial charge in [-0.15, -0.1) is 0 Å². The molecule has 6 aromatic rings. The molecule has 0 bridgehead atoms. The lowest BCUT2D eigenvalue weighted by Gasteiger charge is -2.19. The molecule has 0 spiro atoms. The summed E-state index contributed by atoms with van der Waals surface area (Å²) in [6, 6.07) is 30.1. The number of benzene rings is 4. The molecule has 0 atom stereocenters. The van der Waals surface area contributed by atoms with Gasteiger partial charge in [-0.05, 0) is 78.9 Å². The lowest BCUT2D eigenvalue weighted by atomic mass is 10.2. The molecule has 248 valence electrons. The Bertz CT molecular complexity index is 2180. The average molecular weight is 675 g/mol. The fourth-order valence-electron chi connectivity index (χ4n) is 4.58. The topological polar surface area (TPSA) is 129 Å². The minimum atomic E-state index is -1.13. The molecule has 0 aliphatic carbocycles. The summed E-state index contributed by atoms with van der Waals surface area (Å²) in [6.45, 7) is 0. The predicted octanol–water partition coefficient (Wildman–Crippen LogP) is 7.76. The summed E-state index contributed by atoms with van der Waals surface area (Å²) < 4.78 is 46.2. The minimum absolute atomic E-state index is 0.0127. The summed E-state index contributed by atoms with van der Waals surface area (Å²) in [5.41, 5.74) is -0.532. The van der Waals surface area contributed by atoms with Gasteiger partial charge in [0.05, 0.1) is 0 Å². The number of hydrogen-bond acceptors (Lipinski definition) is 8. The fourth-order valence-corrected chi connectivity index (χ4v) is 4.58. The zero-order valence-corrected chi connectivity index (χ0v) is 25.7. The van der Waals surface area contributed by atoms with Gasteiger partial charge in [-0.3, -0.25) is 14.2 Å². The number of anilines is 2. The standard InChI is InChI=1S/C37H24F2N4O7/c38-24-13-16-26(17-14-24)42-21-7-12-30(35(42)45)34(44)41-25-15-18-32(31(39)22-25)48-29-19-20-40-33(23-29)43(36(46)49-27-8-3-1-4-9-27)37(47)50-28-10-5-2-6-11-28/h1-23H,(H,41,44). The number of para-hydroxylation sites is 2. The molecule has 13 heteroatoms. The van der Waals surface area contributed by atoms with Crippen molar-refractivity contribution in [2.45, 2.75) is 0 Å². The summed E-state index contributed by atoms with van der Waals surface area (Å²) in [4.78, 5) is 57.1. The molecule has 0 saturated heterocycles. The Labute approximate surface area is 282 Å². The van der Waals surface area contributed by atoms with Crippen LogP contribution in [0.5, 0.6) is 23.0 Å². The van der Waals surface area contributed by atoms with Gasteiger partial charge < -0.3 is 19.5 Å². The smallest absolute Gasteiger partial charge is 0.430 e. The third-order valence-corrected chi connectivity index (χ3v) is 6.92. The monoisotopic (exact) mass is 674 g/mol. The Morgan fingerprint density at radius 2 is 1.34 bits per heavy atom. The van der Waals surface area contributed by atoms with Crippen LogP contribution in [-0.4, -0.2) is 27.6 Å². The molecule has 0 fully saturated rings. The van der Waals surface area contributed by atoms with Crippen LogP contribution in [0.3, 0.4) is 0 Å². The van der Waals surface area contributed by atoms with Crippen molar-refractivity contribution in [2.75, 3.05) is 10.2 Å². The number of carbonyl (C=O) groups excluding carboxylic acids is 3. The first kappa shape index (κ1) is 32.8. The van der Waals surface area contributed by atoms with Crippen molar-refractivity contribution in [1.82, 2.24) is 9.55 Å². The van der Waals surface area contributed by atoms with Crippen molar-refractivity contribution < 1.29 is 37.4 Å². The molecular weight excluding hydrogens is 650 g/mol. The van der Waals surface area contributed by atoms with E-state index >= 15 is 4.39 Å². The van der Waals surface area contributed by atoms with E-state index in [1.54, 1.807) is 36.4 Å². The lowest BCUT2D eigenvalue weighted by Crippen LogP contribution is -2.41. The van der Waals surface area contributed by atoms with E-state index in [9.17, 15) is 23.6 Å². The van der Waals surface area contributed by atoms with Crippen LogP contribution in [0.4, 0.5) is 29.9 Å². The highest BCUT2D eigenvalue weighted by molar-refractivity contribution is 6.10. The van der Waals surface area contributed by atoms with Gasteiger partial charge in [0, 0.05) is 35.9 Å². The van der Waals surface area contributed by atoms with Crippen molar-refractivity contribution in [2.24, 2.45) is 0 Å². The highest BCUT2D eigenvalue weighted by Crippen LogP contribution is 2.29. The van der Waals surface area contributed by atoms with Crippen molar-refractivity contribution in [3.05, 3.63) is 167 Å². The van der Waals surface area contributed by atoms with Crippen molar-refractivity contribution in [3.8, 4) is 28.7 Å². The van der Waals surface area contributed by atoms with Gasteiger partial charge in [0.2, 0.25) is 0 Å². The van der Waals surface area contributed by atoms with E-state index in [2.05, 4.69) is 10.3 Å². The summed E-state index contributed by atoms with van der Waals surface area (Å²) in [5, 5.41) is 2.48. The third-order valence-electron chi connectivity index (χ3n) is 6.92. The van der Waals surface area contributed by atoms with E-state index in [0.29, 0.717) is 10.6 Å². The maximum Gasteiger partial charge on any atom is 0.430 e. The molecule has 2 aromatic heterocycles. The summed E-state index contributed by atoms with van der Waals surface area (Å²) >= 11 is 0. The van der Waals surface area contributed by atoms with Gasteiger partial charge in [0.1, 0.15) is 28.6 Å². The van der Waals surface area contributed by atoms with Crippen molar-refractivity contribution >= 4 is 29.6 Å². The number of hydrogen-bond donors (Lipinski definition) is 1. The number of halogens is 2. The van der Waals surface area contributed by atoms with Crippen LogP contribution in [0.1, 0.15) is 10.4 Å². The normalized spacial score (nSPS) is 10.5. The molecule has 0 saturated carbocycles. The highest BCUT2D eigenvalue weighted by Gasteiger charge is 2.30. The first-order chi connectivity index (χ1) is 24.2. The summed E-state index contributed by atoms with van der Waals surface area (Å²) in [5.74, 6) is -2.40. The molecule has 0 aliphatic heterocycles. The first-order valence-corrected chi connectivity index (χ1v) is 14.8. The van der Waals surface area contributed by atoms with E-state index in [-0.39, 0.29) is 40.1 Å². The molecular formula is C37H24F2N4O7. The van der Waals surface area contributed by atoms with E-state index in [4.69, 9.17) is 14.2 Å². The minimum Gasteiger partial charge on any atom is -0.454 e. The number of imide groups is 1. The van der Waals surface area contributed by atoms with Gasteiger partial charge in [-0.25, -0.2) is 23.4 Å². The average Bonchev–Trinajstić information content (AvgIpc) is 3.11. The molecule has 4 aromatic carbocycles. The fraction of sp³-hybridized carbons (Fsp3) is 0. The lowest BCUT2D eigenvalue weighted by molar-refractivity contribution is 0.102. The number of rotatable bonds is 8. The van der Waals surface area contributed by atoms with Crippen molar-refractivity contribution in [1.29, 1.82) is 0 Å². The van der Waals surface area contributed by atoms with Gasteiger partial charge in [-0.1, -0.05) is 36.4 Å². The molecule has 2 heterocycles. The number of ether oxygens (including phenoxy) is 3. The number of carbonyl (C=O) groups is 3. The predicted molar refractivity (Wildman–Crippen MR) is 178 cm³/mol. The molecule has 0 unspecified atom stereocenters. The summed E-state index contributed by atoms with van der Waals surface area (Å²) in [7, 11) is 0. The van der Waals surface area contributed by atoms with Crippen LogP contribution in [0, 0.1) is 11.6 Å². The number of nitrogens with one attached hydrogen (secondary N) is 1.